The molecule has 0 aliphatic carbocycles. The second kappa shape index (κ2) is 29.8. The van der Waals surface area contributed by atoms with Crippen LogP contribution in [0.1, 0.15) is 182 Å². The number of hydrogen-bond donors (Lipinski definition) is 4. The minimum atomic E-state index is -1.20. The van der Waals surface area contributed by atoms with Crippen LogP contribution in [-0.2, 0) is 19.1 Å². The smallest absolute Gasteiger partial charge is 0.307 e. The van der Waals surface area contributed by atoms with Gasteiger partial charge < -0.3 is 30.7 Å². The molecule has 0 bridgehead atoms. The van der Waals surface area contributed by atoms with Crippen molar-refractivity contribution in [2.45, 2.75) is 206 Å². The van der Waals surface area contributed by atoms with E-state index >= 15 is 0 Å². The van der Waals surface area contributed by atoms with Gasteiger partial charge in [-0.25, -0.2) is 4.99 Å². The molecular formula is C35H69N3O6. The van der Waals surface area contributed by atoms with Crippen molar-refractivity contribution in [2.75, 3.05) is 0 Å². The number of nitrogens with two attached hydrogens (primary N) is 1. The molecule has 0 amide bonds. The predicted molar refractivity (Wildman–Crippen MR) is 180 cm³/mol. The number of unbranched alkanes of at least 4 members (excludes halogenated alkanes) is 20. The fraction of sp³-hybridized carbons (Fsp3) is 0.914. The van der Waals surface area contributed by atoms with E-state index in [0.29, 0.717) is 0 Å². The van der Waals surface area contributed by atoms with Gasteiger partial charge in [-0.05, 0) is 26.7 Å². The standard InChI is InChI=1S/C35H69N3O6/c1-5-7-9-11-13-15-17-19-21-23-25-27-31(41)43-33(29(3)39)37-35(36)38-34(30(4)40)44-32(42)28-26-24-22-20-18-16-14-12-10-8-6-2/h29-30,33-34,39-40H,5-28H2,1-4H3,(H3,36,37,38). The summed E-state index contributed by atoms with van der Waals surface area (Å²) in [5.74, 6) is -1.08. The number of aliphatic hydroxyl groups excluding tert-OH is 2. The molecule has 0 aromatic heterocycles. The molecule has 4 unspecified atom stereocenters. The highest BCUT2D eigenvalue weighted by molar-refractivity contribution is 5.79. The summed E-state index contributed by atoms with van der Waals surface area (Å²) in [6, 6.07) is 0. The number of hydrogen-bond acceptors (Lipinski definition) is 7. The van der Waals surface area contributed by atoms with Crippen molar-refractivity contribution >= 4 is 17.9 Å². The zero-order valence-corrected chi connectivity index (χ0v) is 28.8. The van der Waals surface area contributed by atoms with E-state index < -0.39 is 36.6 Å². The topological polar surface area (TPSA) is 143 Å². The summed E-state index contributed by atoms with van der Waals surface area (Å²) in [6.07, 6.45) is 22.2. The summed E-state index contributed by atoms with van der Waals surface area (Å²) >= 11 is 0. The summed E-state index contributed by atoms with van der Waals surface area (Å²) in [7, 11) is 0. The first-order valence-corrected chi connectivity index (χ1v) is 18.1. The second-order valence-corrected chi connectivity index (χ2v) is 12.5. The third-order valence-electron chi connectivity index (χ3n) is 7.89. The molecule has 0 radical (unpaired) electrons. The minimum absolute atomic E-state index is 0.202. The Hall–Kier alpha value is -1.87. The third-order valence-corrected chi connectivity index (χ3v) is 7.89. The first kappa shape index (κ1) is 42.1. The Morgan fingerprint density at radius 3 is 1.27 bits per heavy atom. The number of nitrogens with one attached hydrogen (secondary N) is 1. The molecule has 9 heteroatoms. The Kier molecular flexibility index (Phi) is 28.6. The van der Waals surface area contributed by atoms with Gasteiger partial charge in [0.2, 0.25) is 12.5 Å². The van der Waals surface area contributed by atoms with E-state index in [1.165, 1.54) is 117 Å². The Morgan fingerprint density at radius 1 is 0.591 bits per heavy atom. The SMILES string of the molecule is CCCCCCCCCCCCCC(=O)OC(/N=C(\N)NC(OC(=O)CCCCCCCCCCCCC)C(C)O)C(C)O. The van der Waals surface area contributed by atoms with E-state index in [1.54, 1.807) is 0 Å². The molecule has 0 saturated carbocycles. The van der Waals surface area contributed by atoms with Gasteiger partial charge in [-0.15, -0.1) is 0 Å². The lowest BCUT2D eigenvalue weighted by molar-refractivity contribution is -0.155. The second-order valence-electron chi connectivity index (χ2n) is 12.5. The van der Waals surface area contributed by atoms with Gasteiger partial charge in [0.05, 0.1) is 0 Å². The zero-order valence-electron chi connectivity index (χ0n) is 28.8. The molecule has 0 fully saturated rings. The highest BCUT2D eigenvalue weighted by Gasteiger charge is 2.23. The van der Waals surface area contributed by atoms with Crippen molar-refractivity contribution in [3.63, 3.8) is 0 Å². The van der Waals surface area contributed by atoms with E-state index in [4.69, 9.17) is 15.2 Å². The van der Waals surface area contributed by atoms with Gasteiger partial charge in [0.1, 0.15) is 12.2 Å². The maximum Gasteiger partial charge on any atom is 0.307 e. The summed E-state index contributed by atoms with van der Waals surface area (Å²) < 4.78 is 10.7. The number of aliphatic imine (C=N–C) groups is 1. The Labute approximate surface area is 269 Å². The van der Waals surface area contributed by atoms with Crippen LogP contribution < -0.4 is 11.1 Å². The zero-order chi connectivity index (χ0) is 32.8. The molecule has 0 heterocycles. The van der Waals surface area contributed by atoms with Crippen LogP contribution in [0.25, 0.3) is 0 Å². The maximum atomic E-state index is 12.4. The van der Waals surface area contributed by atoms with Crippen LogP contribution in [-0.4, -0.2) is 52.8 Å². The first-order chi connectivity index (χ1) is 21.2. The number of carbonyl (C=O) groups is 2. The van der Waals surface area contributed by atoms with E-state index in [1.807, 2.05) is 0 Å². The molecule has 4 atom stereocenters. The van der Waals surface area contributed by atoms with Crippen molar-refractivity contribution in [3.8, 4) is 0 Å². The Morgan fingerprint density at radius 2 is 0.932 bits per heavy atom. The lowest BCUT2D eigenvalue weighted by atomic mass is 10.1. The monoisotopic (exact) mass is 628 g/mol. The van der Waals surface area contributed by atoms with Crippen molar-refractivity contribution in [3.05, 3.63) is 0 Å². The van der Waals surface area contributed by atoms with Crippen molar-refractivity contribution in [1.82, 2.24) is 5.32 Å². The van der Waals surface area contributed by atoms with Gasteiger partial charge in [-0.3, -0.25) is 9.59 Å². The quantitative estimate of drug-likeness (QED) is 0.0208. The minimum Gasteiger partial charge on any atom is -0.439 e. The molecule has 260 valence electrons. The summed E-state index contributed by atoms with van der Waals surface area (Å²) in [5.41, 5.74) is 5.96. The molecular weight excluding hydrogens is 558 g/mol. The van der Waals surface area contributed by atoms with Crippen LogP contribution in [0.15, 0.2) is 4.99 Å². The highest BCUT2D eigenvalue weighted by atomic mass is 16.6. The van der Waals surface area contributed by atoms with Gasteiger partial charge in [0, 0.05) is 12.8 Å². The summed E-state index contributed by atoms with van der Waals surface area (Å²) in [4.78, 5) is 28.8. The maximum absolute atomic E-state index is 12.4. The number of guanidine groups is 1. The Bertz CT molecular complexity index is 717. The lowest BCUT2D eigenvalue weighted by Gasteiger charge is -2.23. The molecule has 5 N–H and O–H groups in total. The fourth-order valence-corrected chi connectivity index (χ4v) is 5.06. The normalized spacial score (nSPS) is 14.5. The molecule has 0 rings (SSSR count). The molecule has 0 spiro atoms. The van der Waals surface area contributed by atoms with E-state index in [-0.39, 0.29) is 18.8 Å². The van der Waals surface area contributed by atoms with E-state index in [0.717, 1.165) is 38.5 Å². The molecule has 0 aliphatic rings. The average Bonchev–Trinajstić information content (AvgIpc) is 2.97. The molecule has 0 aliphatic heterocycles. The van der Waals surface area contributed by atoms with Crippen LogP contribution in [0.2, 0.25) is 0 Å². The Balaban J connectivity index is 4.29. The van der Waals surface area contributed by atoms with Crippen molar-refractivity contribution in [2.24, 2.45) is 10.7 Å². The molecule has 9 nitrogen and oxygen atoms in total. The largest absolute Gasteiger partial charge is 0.439 e. The van der Waals surface area contributed by atoms with Crippen LogP contribution in [0.4, 0.5) is 0 Å². The van der Waals surface area contributed by atoms with E-state index in [9.17, 15) is 19.8 Å². The summed E-state index contributed by atoms with van der Waals surface area (Å²) in [6.45, 7) is 7.39. The van der Waals surface area contributed by atoms with Crippen LogP contribution in [0.5, 0.6) is 0 Å². The number of carbonyl (C=O) groups excluding carboxylic acids is 2. The van der Waals surface area contributed by atoms with Crippen molar-refractivity contribution < 1.29 is 29.3 Å². The number of aliphatic hydroxyl groups is 2. The molecule has 0 saturated heterocycles. The molecule has 0 aromatic carbocycles. The fourth-order valence-electron chi connectivity index (χ4n) is 5.06. The van der Waals surface area contributed by atoms with Gasteiger partial charge in [-0.1, -0.05) is 142 Å². The summed E-state index contributed by atoms with van der Waals surface area (Å²) in [5, 5.41) is 22.9. The number of esters is 2. The molecule has 44 heavy (non-hydrogen) atoms. The van der Waals surface area contributed by atoms with E-state index in [2.05, 4.69) is 24.2 Å². The van der Waals surface area contributed by atoms with Gasteiger partial charge in [-0.2, -0.15) is 0 Å². The highest BCUT2D eigenvalue weighted by Crippen LogP contribution is 2.14. The number of nitrogens with zero attached hydrogens (tertiary/aromatic N) is 1. The molecule has 0 aromatic rings. The van der Waals surface area contributed by atoms with Gasteiger partial charge in [0.25, 0.3) is 0 Å². The van der Waals surface area contributed by atoms with Crippen molar-refractivity contribution in [1.29, 1.82) is 0 Å². The van der Waals surface area contributed by atoms with Crippen LogP contribution in [0.3, 0.4) is 0 Å². The first-order valence-electron chi connectivity index (χ1n) is 18.1. The number of rotatable bonds is 30. The number of ether oxygens (including phenoxy) is 2. The van der Waals surface area contributed by atoms with Crippen LogP contribution >= 0.6 is 0 Å². The third kappa shape index (κ3) is 26.5. The lowest BCUT2D eigenvalue weighted by Crippen LogP contribution is -2.49. The van der Waals surface area contributed by atoms with Gasteiger partial charge in [0.15, 0.2) is 5.96 Å². The van der Waals surface area contributed by atoms with Gasteiger partial charge >= 0.3 is 11.9 Å². The average molecular weight is 628 g/mol. The predicted octanol–water partition coefficient (Wildman–Crippen LogP) is 7.79. The van der Waals surface area contributed by atoms with Crippen LogP contribution in [0, 0.1) is 0 Å².